The number of carbonyl (C=O) groups excluding carboxylic acids is 2. The van der Waals surface area contributed by atoms with E-state index in [2.05, 4.69) is 51.8 Å². The highest BCUT2D eigenvalue weighted by atomic mass is 31.2. The number of hydrogen-bond acceptors (Lipinski definition) is 15. The van der Waals surface area contributed by atoms with Gasteiger partial charge in [0.25, 0.3) is 20.1 Å². The van der Waals surface area contributed by atoms with E-state index in [1.54, 1.807) is 29.7 Å². The number of carbonyl (C=O) groups is 2. The third kappa shape index (κ3) is 11.9. The fourth-order valence-corrected chi connectivity index (χ4v) is 8.25. The topological polar surface area (TPSA) is 215 Å². The van der Waals surface area contributed by atoms with Crippen LogP contribution < -0.4 is 10.1 Å². The Balaban J connectivity index is 1.31. The van der Waals surface area contributed by atoms with E-state index >= 15 is 0 Å². The van der Waals surface area contributed by atoms with Gasteiger partial charge in [-0.3, -0.25) is 19.5 Å². The first-order valence-corrected chi connectivity index (χ1v) is 20.8. The minimum absolute atomic E-state index is 0.0213. The summed E-state index contributed by atoms with van der Waals surface area (Å²) in [6.45, 7) is 15.8. The van der Waals surface area contributed by atoms with E-state index in [9.17, 15) is 19.7 Å². The molecule has 1 aliphatic heterocycles. The molecule has 0 aliphatic carbocycles. The summed E-state index contributed by atoms with van der Waals surface area (Å²) in [7, 11) is -1.66. The maximum atomic E-state index is 13.2. The first-order valence-electron chi connectivity index (χ1n) is 19.7. The van der Waals surface area contributed by atoms with Crippen molar-refractivity contribution in [2.75, 3.05) is 31.7 Å². The number of para-hydroxylation sites is 1. The number of rotatable bonds is 19. The number of ether oxygens (including phenoxy) is 4. The van der Waals surface area contributed by atoms with Gasteiger partial charge in [0.2, 0.25) is 0 Å². The van der Waals surface area contributed by atoms with Crippen LogP contribution in [0.4, 0.5) is 16.3 Å². The molecule has 0 bridgehead atoms. The molecule has 3 heterocycles. The first kappa shape index (κ1) is 45.8. The van der Waals surface area contributed by atoms with E-state index in [1.807, 2.05) is 52.0 Å². The van der Waals surface area contributed by atoms with Gasteiger partial charge < -0.3 is 33.3 Å². The Hall–Kier alpha value is -5.31. The third-order valence-electron chi connectivity index (χ3n) is 9.57. The van der Waals surface area contributed by atoms with Gasteiger partial charge in [0.15, 0.2) is 23.6 Å². The van der Waals surface area contributed by atoms with E-state index in [4.69, 9.17) is 33.3 Å². The molecule has 60 heavy (non-hydrogen) atoms. The molecule has 0 spiro atoms. The fraction of sp³-hybridized carbons (Fsp3) is 0.512. The number of hydrogen-bond donors (Lipinski definition) is 1. The highest BCUT2D eigenvalue weighted by Crippen LogP contribution is 2.47. The molecule has 5 rings (SSSR count). The highest BCUT2D eigenvalue weighted by molar-refractivity contribution is 7.44. The van der Waals surface area contributed by atoms with Gasteiger partial charge in [0.1, 0.15) is 37.1 Å². The van der Waals surface area contributed by atoms with Crippen molar-refractivity contribution >= 4 is 43.3 Å². The zero-order valence-electron chi connectivity index (χ0n) is 35.1. The Morgan fingerprint density at radius 1 is 1.07 bits per heavy atom. The molecule has 18 nitrogen and oxygen atoms in total. The fourth-order valence-electron chi connectivity index (χ4n) is 6.63. The Bertz CT molecular complexity index is 2110. The van der Waals surface area contributed by atoms with Crippen LogP contribution in [-0.2, 0) is 33.5 Å². The zero-order valence-corrected chi connectivity index (χ0v) is 36.0. The number of nitriles is 1. The molecule has 322 valence electrons. The number of imidazole rings is 1. The van der Waals surface area contributed by atoms with Crippen molar-refractivity contribution in [2.24, 2.45) is 0 Å². The molecule has 5 atom stereocenters. The average Bonchev–Trinajstić information content (AvgIpc) is 3.82. The molecule has 0 saturated carbocycles. The summed E-state index contributed by atoms with van der Waals surface area (Å²) in [4.78, 5) is 50.5. The first-order chi connectivity index (χ1) is 28.6. The number of benzene rings is 2. The van der Waals surface area contributed by atoms with E-state index < -0.39 is 49.9 Å². The standard InChI is InChI=1S/C41H53N8O10P/c1-26(2)48(27(3)4)60(56-19-11-18-42)57-22-34-33(59-40(51)55-21-28(5)31-12-9-10-13-32(31)49(52)53)20-36(58-34)47-25-45-37-38(43-24-44-39(37)47)46-35(50)23-54-30-16-14-29(15-17-30)41(6,7)8/h9-10,12-17,24-28,33-34,36H,11,19-23H2,1-8H3,(H,43,44,46,50)/t28?,33-,34+,36+,60?/m0/s1. The number of fused-ring (bicyclic) bond motifs is 1. The lowest BCUT2D eigenvalue weighted by molar-refractivity contribution is -0.385. The van der Waals surface area contributed by atoms with Crippen LogP contribution in [0.5, 0.6) is 5.75 Å². The predicted molar refractivity (Wildman–Crippen MR) is 222 cm³/mol. The van der Waals surface area contributed by atoms with Crippen molar-refractivity contribution < 1.29 is 42.5 Å². The van der Waals surface area contributed by atoms with Crippen molar-refractivity contribution in [3.05, 3.63) is 82.4 Å². The van der Waals surface area contributed by atoms with Gasteiger partial charge in [0.05, 0.1) is 37.0 Å². The van der Waals surface area contributed by atoms with Gasteiger partial charge in [-0.25, -0.2) is 24.4 Å². The molecule has 2 unspecified atom stereocenters. The number of nitrogens with zero attached hydrogens (tertiary/aromatic N) is 7. The maximum absolute atomic E-state index is 13.2. The molecule has 1 aliphatic rings. The maximum Gasteiger partial charge on any atom is 0.508 e. The molecule has 1 N–H and O–H groups in total. The van der Waals surface area contributed by atoms with Gasteiger partial charge in [0, 0.05) is 36.1 Å². The van der Waals surface area contributed by atoms with Gasteiger partial charge in [-0.2, -0.15) is 5.26 Å². The van der Waals surface area contributed by atoms with Crippen LogP contribution in [-0.4, -0.2) is 91.9 Å². The summed E-state index contributed by atoms with van der Waals surface area (Å²) in [6, 6.07) is 16.0. The highest BCUT2D eigenvalue weighted by Gasteiger charge is 2.42. The van der Waals surface area contributed by atoms with Crippen molar-refractivity contribution in [1.29, 1.82) is 5.26 Å². The number of amides is 1. The zero-order chi connectivity index (χ0) is 43.6. The molecular weight excluding hydrogens is 795 g/mol. The van der Waals surface area contributed by atoms with Gasteiger partial charge in [-0.15, -0.1) is 0 Å². The molecule has 19 heteroatoms. The summed E-state index contributed by atoms with van der Waals surface area (Å²) in [5.74, 6) is -0.242. The molecule has 0 radical (unpaired) electrons. The van der Waals surface area contributed by atoms with E-state index in [-0.39, 0.29) is 68.3 Å². The van der Waals surface area contributed by atoms with Crippen molar-refractivity contribution in [3.63, 3.8) is 0 Å². The van der Waals surface area contributed by atoms with E-state index in [0.29, 0.717) is 22.5 Å². The molecule has 1 amide bonds. The Labute approximate surface area is 350 Å². The Kier molecular flexibility index (Phi) is 15.9. The number of aromatic nitrogens is 4. The lowest BCUT2D eigenvalue weighted by Gasteiger charge is -2.36. The van der Waals surface area contributed by atoms with E-state index in [1.165, 1.54) is 18.7 Å². The predicted octanol–water partition coefficient (Wildman–Crippen LogP) is 7.96. The Morgan fingerprint density at radius 2 is 1.78 bits per heavy atom. The molecular formula is C41H53N8O10P. The van der Waals surface area contributed by atoms with Crippen molar-refractivity contribution in [2.45, 2.75) is 110 Å². The lowest BCUT2D eigenvalue weighted by atomic mass is 9.87. The number of nitro benzene ring substituents is 1. The molecule has 1 fully saturated rings. The molecule has 1 saturated heterocycles. The van der Waals surface area contributed by atoms with Crippen molar-refractivity contribution in [3.8, 4) is 11.8 Å². The van der Waals surface area contributed by atoms with Crippen molar-refractivity contribution in [1.82, 2.24) is 24.2 Å². The number of anilines is 1. The van der Waals surface area contributed by atoms with Crippen LogP contribution in [0.15, 0.2) is 61.2 Å². The molecule has 4 aromatic rings. The van der Waals surface area contributed by atoms with Gasteiger partial charge in [-0.1, -0.05) is 58.0 Å². The largest absolute Gasteiger partial charge is 0.508 e. The second-order valence-electron chi connectivity index (χ2n) is 15.8. The minimum Gasteiger partial charge on any atom is -0.484 e. The minimum atomic E-state index is -1.66. The average molecular weight is 849 g/mol. The smallest absolute Gasteiger partial charge is 0.484 e. The third-order valence-corrected chi connectivity index (χ3v) is 11.6. The van der Waals surface area contributed by atoms with Crippen LogP contribution in [0.2, 0.25) is 0 Å². The normalized spacial score (nSPS) is 17.7. The summed E-state index contributed by atoms with van der Waals surface area (Å²) >= 11 is 0. The van der Waals surface area contributed by atoms with E-state index in [0.717, 1.165) is 5.56 Å². The monoisotopic (exact) mass is 848 g/mol. The lowest BCUT2D eigenvalue weighted by Crippen LogP contribution is -2.36. The Morgan fingerprint density at radius 3 is 2.45 bits per heavy atom. The summed E-state index contributed by atoms with van der Waals surface area (Å²) in [5.41, 5.74) is 2.09. The van der Waals surface area contributed by atoms with Crippen LogP contribution in [0.25, 0.3) is 11.2 Å². The number of nitrogens with one attached hydrogen (secondary N) is 1. The van der Waals surface area contributed by atoms with Crippen LogP contribution in [0, 0.1) is 21.4 Å². The van der Waals surface area contributed by atoms with Crippen LogP contribution in [0.3, 0.4) is 0 Å². The van der Waals surface area contributed by atoms with Gasteiger partial charge in [-0.05, 0) is 50.8 Å². The second kappa shape index (κ2) is 20.8. The summed E-state index contributed by atoms with van der Waals surface area (Å²) in [6.07, 6.45) is -0.375. The van der Waals surface area contributed by atoms with Crippen LogP contribution in [0.1, 0.15) is 91.5 Å². The molecule has 2 aromatic carbocycles. The summed E-state index contributed by atoms with van der Waals surface area (Å²) in [5, 5.41) is 23.5. The number of nitro groups is 1. The molecule has 2 aromatic heterocycles. The SMILES string of the molecule is CC(COC(=O)O[C@H]1C[C@H](n2cnc3c(NC(=O)COc4ccc(C(C)(C)C)cc4)ncnc32)O[C@@H]1COP(OCCC#N)N(C(C)C)C(C)C)c1ccccc1[N+](=O)[O-]. The van der Waals surface area contributed by atoms with Gasteiger partial charge >= 0.3 is 6.16 Å². The summed E-state index contributed by atoms with van der Waals surface area (Å²) < 4.78 is 39.7. The second-order valence-corrected chi connectivity index (χ2v) is 17.3. The van der Waals surface area contributed by atoms with Crippen LogP contribution >= 0.6 is 8.53 Å². The quantitative estimate of drug-likeness (QED) is 0.0311.